The molecule has 2 rings (SSSR count). The van der Waals surface area contributed by atoms with Crippen molar-refractivity contribution in [2.45, 2.75) is 46.1 Å². The van der Waals surface area contributed by atoms with Crippen molar-refractivity contribution in [3.05, 3.63) is 28.3 Å². The number of anilines is 1. The summed E-state index contributed by atoms with van der Waals surface area (Å²) in [5, 5.41) is 14.4. The fraction of sp³-hybridized carbons (Fsp3) is 0.600. The van der Waals surface area contributed by atoms with E-state index in [0.29, 0.717) is 23.8 Å². The van der Waals surface area contributed by atoms with Gasteiger partial charge < -0.3 is 10.1 Å². The van der Waals surface area contributed by atoms with Crippen LogP contribution < -0.4 is 10.1 Å². The van der Waals surface area contributed by atoms with Crippen molar-refractivity contribution in [2.24, 2.45) is 5.41 Å². The molecule has 20 heavy (non-hydrogen) atoms. The molecule has 110 valence electrons. The van der Waals surface area contributed by atoms with Crippen LogP contribution in [0.25, 0.3) is 0 Å². The maximum absolute atomic E-state index is 10.9. The molecule has 0 saturated heterocycles. The highest BCUT2D eigenvalue weighted by atomic mass is 16.6. The molecule has 1 saturated carbocycles. The summed E-state index contributed by atoms with van der Waals surface area (Å²) in [6, 6.07) is 5.42. The molecular formula is C15H22N2O3. The van der Waals surface area contributed by atoms with E-state index in [1.54, 1.807) is 12.1 Å². The highest BCUT2D eigenvalue weighted by Crippen LogP contribution is 2.39. The van der Waals surface area contributed by atoms with Crippen molar-refractivity contribution in [1.29, 1.82) is 0 Å². The minimum atomic E-state index is -0.409. The third-order valence-electron chi connectivity index (χ3n) is 3.80. The molecule has 0 spiro atoms. The van der Waals surface area contributed by atoms with E-state index in [4.69, 9.17) is 4.74 Å². The molecule has 0 bridgehead atoms. The number of hydrogen-bond acceptors (Lipinski definition) is 4. The lowest BCUT2D eigenvalue weighted by Crippen LogP contribution is -2.17. The quantitative estimate of drug-likeness (QED) is 0.653. The van der Waals surface area contributed by atoms with E-state index < -0.39 is 4.92 Å². The Morgan fingerprint density at radius 3 is 2.80 bits per heavy atom. The van der Waals surface area contributed by atoms with Gasteiger partial charge in [-0.1, -0.05) is 13.8 Å². The van der Waals surface area contributed by atoms with Crippen molar-refractivity contribution in [3.63, 3.8) is 0 Å². The number of hydrogen-bond donors (Lipinski definition) is 1. The van der Waals surface area contributed by atoms with Crippen molar-refractivity contribution in [2.75, 3.05) is 11.9 Å². The lowest BCUT2D eigenvalue weighted by atomic mass is 9.92. The van der Waals surface area contributed by atoms with Crippen LogP contribution in [0.2, 0.25) is 0 Å². The van der Waals surface area contributed by atoms with E-state index in [2.05, 4.69) is 19.2 Å². The molecule has 1 unspecified atom stereocenters. The smallest absolute Gasteiger partial charge is 0.311 e. The summed E-state index contributed by atoms with van der Waals surface area (Å²) in [7, 11) is 0. The van der Waals surface area contributed by atoms with E-state index in [1.165, 1.54) is 12.5 Å². The van der Waals surface area contributed by atoms with Gasteiger partial charge in [0.2, 0.25) is 0 Å². The van der Waals surface area contributed by atoms with Crippen molar-refractivity contribution in [1.82, 2.24) is 0 Å². The molecule has 5 nitrogen and oxygen atoms in total. The lowest BCUT2D eigenvalue weighted by molar-refractivity contribution is -0.385. The summed E-state index contributed by atoms with van der Waals surface area (Å²) in [6.07, 6.45) is 3.46. The second-order valence-corrected chi connectivity index (χ2v) is 6.12. The summed E-state index contributed by atoms with van der Waals surface area (Å²) < 4.78 is 5.36. The number of nitrogens with one attached hydrogen (secondary N) is 1. The third kappa shape index (κ3) is 3.40. The zero-order chi connectivity index (χ0) is 14.8. The predicted molar refractivity (Wildman–Crippen MR) is 79.3 cm³/mol. The molecule has 5 heteroatoms. The standard InChI is InChI=1S/C15H22N2O3/c1-4-20-14-9-11(5-6-13(14)17(18)19)16-12-7-8-15(2,3)10-12/h5-6,9,12,16H,4,7-8,10H2,1-3H3. The Labute approximate surface area is 119 Å². The normalized spacial score (nSPS) is 20.6. The largest absolute Gasteiger partial charge is 0.487 e. The molecule has 0 aliphatic heterocycles. The van der Waals surface area contributed by atoms with Crippen LogP contribution in [-0.2, 0) is 0 Å². The van der Waals surface area contributed by atoms with E-state index >= 15 is 0 Å². The van der Waals surface area contributed by atoms with Gasteiger partial charge in [-0.15, -0.1) is 0 Å². The molecule has 1 aliphatic carbocycles. The van der Waals surface area contributed by atoms with Gasteiger partial charge in [0, 0.05) is 23.9 Å². The Morgan fingerprint density at radius 1 is 1.50 bits per heavy atom. The van der Waals surface area contributed by atoms with Gasteiger partial charge in [-0.2, -0.15) is 0 Å². The average Bonchev–Trinajstić information content (AvgIpc) is 2.69. The van der Waals surface area contributed by atoms with Gasteiger partial charge in [-0.05, 0) is 37.7 Å². The monoisotopic (exact) mass is 278 g/mol. The van der Waals surface area contributed by atoms with Crippen LogP contribution in [0.5, 0.6) is 5.75 Å². The predicted octanol–water partition coefficient (Wildman–Crippen LogP) is 3.98. The minimum absolute atomic E-state index is 0.0177. The van der Waals surface area contributed by atoms with E-state index in [0.717, 1.165) is 18.5 Å². The number of benzene rings is 1. The van der Waals surface area contributed by atoms with Gasteiger partial charge >= 0.3 is 5.69 Å². The summed E-state index contributed by atoms with van der Waals surface area (Å²) in [5.41, 5.74) is 1.28. The van der Waals surface area contributed by atoms with E-state index in [-0.39, 0.29) is 5.69 Å². The van der Waals surface area contributed by atoms with Crippen LogP contribution in [-0.4, -0.2) is 17.6 Å². The zero-order valence-electron chi connectivity index (χ0n) is 12.3. The van der Waals surface area contributed by atoms with Gasteiger partial charge in [0.1, 0.15) is 0 Å². The van der Waals surface area contributed by atoms with Crippen molar-refractivity contribution < 1.29 is 9.66 Å². The summed E-state index contributed by atoms with van der Waals surface area (Å²) in [5.74, 6) is 0.333. The Morgan fingerprint density at radius 2 is 2.25 bits per heavy atom. The van der Waals surface area contributed by atoms with Crippen LogP contribution >= 0.6 is 0 Å². The number of nitro groups is 1. The molecule has 1 aliphatic rings. The maximum atomic E-state index is 10.9. The Hall–Kier alpha value is -1.78. The molecule has 1 atom stereocenters. The first-order valence-electron chi connectivity index (χ1n) is 7.09. The first-order chi connectivity index (χ1) is 9.41. The van der Waals surface area contributed by atoms with Crippen LogP contribution in [0, 0.1) is 15.5 Å². The topological polar surface area (TPSA) is 64.4 Å². The highest BCUT2D eigenvalue weighted by molar-refractivity contribution is 5.58. The van der Waals surface area contributed by atoms with Gasteiger partial charge in [0.15, 0.2) is 5.75 Å². The Bertz CT molecular complexity index is 500. The number of rotatable bonds is 5. The summed E-state index contributed by atoms with van der Waals surface area (Å²) in [4.78, 5) is 10.5. The molecule has 1 aromatic rings. The second kappa shape index (κ2) is 5.69. The van der Waals surface area contributed by atoms with Crippen LogP contribution in [0.3, 0.4) is 0 Å². The minimum Gasteiger partial charge on any atom is -0.487 e. The first-order valence-corrected chi connectivity index (χ1v) is 7.09. The molecular weight excluding hydrogens is 256 g/mol. The second-order valence-electron chi connectivity index (χ2n) is 6.12. The number of nitro benzene ring substituents is 1. The third-order valence-corrected chi connectivity index (χ3v) is 3.80. The fourth-order valence-electron chi connectivity index (χ4n) is 2.82. The molecule has 0 aromatic heterocycles. The van der Waals surface area contributed by atoms with Gasteiger partial charge in [-0.3, -0.25) is 10.1 Å². The lowest BCUT2D eigenvalue weighted by Gasteiger charge is -2.19. The molecule has 1 aromatic carbocycles. The zero-order valence-corrected chi connectivity index (χ0v) is 12.3. The van der Waals surface area contributed by atoms with Crippen LogP contribution in [0.15, 0.2) is 18.2 Å². The fourth-order valence-corrected chi connectivity index (χ4v) is 2.82. The van der Waals surface area contributed by atoms with Crippen molar-refractivity contribution >= 4 is 11.4 Å². The highest BCUT2D eigenvalue weighted by Gasteiger charge is 2.30. The average molecular weight is 278 g/mol. The molecule has 0 radical (unpaired) electrons. The van der Waals surface area contributed by atoms with E-state index in [9.17, 15) is 10.1 Å². The molecule has 0 amide bonds. The number of ether oxygens (including phenoxy) is 1. The molecule has 0 heterocycles. The Kier molecular flexibility index (Phi) is 4.16. The Balaban J connectivity index is 2.13. The summed E-state index contributed by atoms with van der Waals surface area (Å²) >= 11 is 0. The SMILES string of the molecule is CCOc1cc(NC2CCC(C)(C)C2)ccc1[N+](=O)[O-]. The van der Waals surface area contributed by atoms with E-state index in [1.807, 2.05) is 6.92 Å². The van der Waals surface area contributed by atoms with Crippen molar-refractivity contribution in [3.8, 4) is 5.75 Å². The number of nitrogens with zero attached hydrogens (tertiary/aromatic N) is 1. The maximum Gasteiger partial charge on any atom is 0.311 e. The van der Waals surface area contributed by atoms with Crippen LogP contribution in [0.4, 0.5) is 11.4 Å². The van der Waals surface area contributed by atoms with Gasteiger partial charge in [-0.25, -0.2) is 0 Å². The van der Waals surface area contributed by atoms with Crippen LogP contribution in [0.1, 0.15) is 40.0 Å². The summed E-state index contributed by atoms with van der Waals surface area (Å²) in [6.45, 7) is 6.79. The molecule has 1 fully saturated rings. The molecule has 1 N–H and O–H groups in total. The van der Waals surface area contributed by atoms with Gasteiger partial charge in [0.05, 0.1) is 11.5 Å². The van der Waals surface area contributed by atoms with Gasteiger partial charge in [0.25, 0.3) is 0 Å². The first kappa shape index (κ1) is 14.6.